The number of nitrogens with one attached hydrogen (secondary N) is 6. The quantitative estimate of drug-likeness (QED) is 0.0508. The van der Waals surface area contributed by atoms with Crippen LogP contribution < -0.4 is 31.9 Å². The molecule has 0 fully saturated rings. The summed E-state index contributed by atoms with van der Waals surface area (Å²) < 4.78 is 0. The Kier molecular flexibility index (Phi) is 19.8. The molecule has 0 atom stereocenters. The topological polar surface area (TPSA) is 106 Å². The fraction of sp³-hybridized carbons (Fsp3) is 0.366. The van der Waals surface area contributed by atoms with Gasteiger partial charge in [0.05, 0.1) is 0 Å². The third-order valence-electron chi connectivity index (χ3n) is 8.58. The van der Waals surface area contributed by atoms with Crippen LogP contribution in [0.3, 0.4) is 0 Å². The van der Waals surface area contributed by atoms with Crippen LogP contribution in [0.1, 0.15) is 66.2 Å². The number of urea groups is 2. The van der Waals surface area contributed by atoms with Crippen LogP contribution in [-0.4, -0.2) is 64.4 Å². The monoisotopic (exact) mass is 698 g/mol. The van der Waals surface area contributed by atoms with E-state index in [1.807, 2.05) is 72.8 Å². The number of rotatable bonds is 22. The van der Waals surface area contributed by atoms with Crippen LogP contribution in [0.4, 0.5) is 9.59 Å². The van der Waals surface area contributed by atoms with Gasteiger partial charge in [0, 0.05) is 38.0 Å². The Morgan fingerprint density at radius 1 is 0.380 bits per heavy atom. The normalized spacial score (nSPS) is 10.8. The van der Waals surface area contributed by atoms with Crippen molar-refractivity contribution in [1.29, 1.82) is 0 Å². The van der Waals surface area contributed by atoms with Gasteiger partial charge in [0.1, 0.15) is 0 Å². The molecule has 6 N–H and O–H groups in total. The third kappa shape index (κ3) is 15.5. The third-order valence-corrected chi connectivity index (χ3v) is 8.58. The minimum Gasteiger partial charge on any atom is -0.338 e. The molecule has 0 aliphatic rings. The first-order valence-corrected chi connectivity index (χ1v) is 17.9. The first-order chi connectivity index (χ1) is 24.2. The van der Waals surface area contributed by atoms with Gasteiger partial charge in [-0.25, -0.2) is 9.59 Å². The summed E-state index contributed by atoms with van der Waals surface area (Å²) in [6.45, 7) is 6.11. The largest absolute Gasteiger partial charge is 0.338 e. The predicted molar refractivity (Wildman–Crippen MR) is 208 cm³/mol. The van der Waals surface area contributed by atoms with Crippen molar-refractivity contribution in [3.05, 3.63) is 144 Å². The standard InChI is InChI=1S/C41H54N6O2.ClH/c48-40(46-32-38(34-18-6-1-7-19-34)35-20-8-2-9-21-35)44-30-16-28-42-26-14-5-15-27-43-29-17-31-45-41(49)47-33-39(36-22-10-3-11-23-36)37-24-12-4-13-25-37;/h1-4,6-13,18-25,38-39,42-43H,5,14-17,26-33H2,(H2,44,46,48)(H2,45,47,49);1H. The van der Waals surface area contributed by atoms with E-state index in [1.165, 1.54) is 22.3 Å². The molecule has 0 aliphatic heterocycles. The molecular weight excluding hydrogens is 644 g/mol. The SMILES string of the molecule is Cl.O=C(NCCCNCCCCCNCCCNC(=O)NCC(c1ccccc1)c1ccccc1)NCC(c1ccccc1)c1ccccc1. The van der Waals surface area contributed by atoms with E-state index < -0.39 is 0 Å². The zero-order chi connectivity index (χ0) is 34.2. The molecule has 0 bridgehead atoms. The summed E-state index contributed by atoms with van der Waals surface area (Å²) in [4.78, 5) is 24.9. The molecule has 8 nitrogen and oxygen atoms in total. The lowest BCUT2D eigenvalue weighted by Crippen LogP contribution is -2.39. The van der Waals surface area contributed by atoms with Gasteiger partial charge < -0.3 is 31.9 Å². The smallest absolute Gasteiger partial charge is 0.314 e. The van der Waals surface area contributed by atoms with Crippen LogP contribution in [0.15, 0.2) is 121 Å². The van der Waals surface area contributed by atoms with Crippen LogP contribution in [-0.2, 0) is 0 Å². The molecule has 0 spiro atoms. The van der Waals surface area contributed by atoms with E-state index in [9.17, 15) is 9.59 Å². The van der Waals surface area contributed by atoms with E-state index in [0.29, 0.717) is 26.2 Å². The van der Waals surface area contributed by atoms with E-state index in [-0.39, 0.29) is 36.3 Å². The highest BCUT2D eigenvalue weighted by Crippen LogP contribution is 2.24. The molecule has 9 heteroatoms. The first-order valence-electron chi connectivity index (χ1n) is 17.9. The summed E-state index contributed by atoms with van der Waals surface area (Å²) in [6, 6.07) is 41.0. The van der Waals surface area contributed by atoms with E-state index in [0.717, 1.165) is 58.3 Å². The zero-order valence-corrected chi connectivity index (χ0v) is 29.9. The van der Waals surface area contributed by atoms with Crippen LogP contribution >= 0.6 is 12.4 Å². The number of carbonyl (C=O) groups is 2. The van der Waals surface area contributed by atoms with Crippen LogP contribution in [0.5, 0.6) is 0 Å². The lowest BCUT2D eigenvalue weighted by Gasteiger charge is -2.19. The lowest BCUT2D eigenvalue weighted by atomic mass is 9.91. The Balaban J connectivity index is 0.00000676. The Bertz CT molecular complexity index is 1260. The van der Waals surface area contributed by atoms with Crippen molar-refractivity contribution in [1.82, 2.24) is 31.9 Å². The molecule has 268 valence electrons. The summed E-state index contributed by atoms with van der Waals surface area (Å²) >= 11 is 0. The fourth-order valence-corrected chi connectivity index (χ4v) is 5.87. The zero-order valence-electron chi connectivity index (χ0n) is 29.1. The molecular formula is C41H55ClN6O2. The van der Waals surface area contributed by atoms with Crippen molar-refractivity contribution in [3.8, 4) is 0 Å². The maximum Gasteiger partial charge on any atom is 0.314 e. The van der Waals surface area contributed by atoms with Gasteiger partial charge in [0.2, 0.25) is 0 Å². The van der Waals surface area contributed by atoms with Gasteiger partial charge in [-0.15, -0.1) is 12.4 Å². The minimum absolute atomic E-state index is 0. The molecule has 0 heterocycles. The summed E-state index contributed by atoms with van der Waals surface area (Å²) in [5.41, 5.74) is 4.76. The summed E-state index contributed by atoms with van der Waals surface area (Å²) in [5, 5.41) is 19.0. The van der Waals surface area contributed by atoms with Gasteiger partial charge in [-0.05, 0) is 74.1 Å². The highest BCUT2D eigenvalue weighted by Gasteiger charge is 2.16. The van der Waals surface area contributed by atoms with E-state index in [1.54, 1.807) is 0 Å². The van der Waals surface area contributed by atoms with Gasteiger partial charge in [-0.2, -0.15) is 0 Å². The van der Waals surface area contributed by atoms with Gasteiger partial charge in [0.15, 0.2) is 0 Å². The Morgan fingerprint density at radius 3 is 1.00 bits per heavy atom. The molecule has 0 saturated heterocycles. The average molecular weight is 699 g/mol. The second-order valence-corrected chi connectivity index (χ2v) is 12.3. The van der Waals surface area contributed by atoms with E-state index >= 15 is 0 Å². The highest BCUT2D eigenvalue weighted by atomic mass is 35.5. The summed E-state index contributed by atoms with van der Waals surface area (Å²) in [7, 11) is 0. The Morgan fingerprint density at radius 2 is 0.680 bits per heavy atom. The van der Waals surface area contributed by atoms with E-state index in [4.69, 9.17) is 0 Å². The number of benzene rings is 4. The molecule has 0 aliphatic carbocycles. The van der Waals surface area contributed by atoms with Crippen molar-refractivity contribution in [3.63, 3.8) is 0 Å². The minimum atomic E-state index is -0.126. The molecule has 50 heavy (non-hydrogen) atoms. The van der Waals surface area contributed by atoms with Gasteiger partial charge in [0.25, 0.3) is 0 Å². The van der Waals surface area contributed by atoms with Crippen molar-refractivity contribution < 1.29 is 9.59 Å². The van der Waals surface area contributed by atoms with E-state index in [2.05, 4.69) is 80.4 Å². The van der Waals surface area contributed by atoms with Gasteiger partial charge in [-0.1, -0.05) is 128 Å². The van der Waals surface area contributed by atoms with Crippen LogP contribution in [0, 0.1) is 0 Å². The molecule has 4 aromatic carbocycles. The molecule has 0 radical (unpaired) electrons. The average Bonchev–Trinajstić information content (AvgIpc) is 3.15. The fourth-order valence-electron chi connectivity index (χ4n) is 5.87. The summed E-state index contributed by atoms with van der Waals surface area (Å²) in [6.07, 6.45) is 5.20. The molecule has 4 aromatic rings. The van der Waals surface area contributed by atoms with Crippen molar-refractivity contribution in [2.24, 2.45) is 0 Å². The molecule has 0 saturated carbocycles. The Hall–Kier alpha value is -4.37. The maximum atomic E-state index is 12.4. The maximum absolute atomic E-state index is 12.4. The van der Waals surface area contributed by atoms with Crippen LogP contribution in [0.25, 0.3) is 0 Å². The second-order valence-electron chi connectivity index (χ2n) is 12.3. The number of amides is 4. The van der Waals surface area contributed by atoms with Crippen molar-refractivity contribution in [2.45, 2.75) is 43.9 Å². The molecule has 4 amide bonds. The Labute approximate surface area is 305 Å². The number of hydrogen-bond acceptors (Lipinski definition) is 4. The molecule has 0 aromatic heterocycles. The van der Waals surface area contributed by atoms with Gasteiger partial charge in [-0.3, -0.25) is 0 Å². The second kappa shape index (κ2) is 24.7. The first kappa shape index (κ1) is 40.1. The molecule has 4 rings (SSSR count). The highest BCUT2D eigenvalue weighted by molar-refractivity contribution is 5.85. The molecule has 0 unspecified atom stereocenters. The van der Waals surface area contributed by atoms with Crippen molar-refractivity contribution >= 4 is 24.5 Å². The lowest BCUT2D eigenvalue weighted by molar-refractivity contribution is 0.239. The number of unbranched alkanes of at least 4 members (excludes halogenated alkanes) is 2. The van der Waals surface area contributed by atoms with Gasteiger partial charge >= 0.3 is 12.1 Å². The number of halogens is 1. The number of carbonyl (C=O) groups excluding carboxylic acids is 2. The predicted octanol–water partition coefficient (Wildman–Crippen LogP) is 6.80. The number of hydrogen-bond donors (Lipinski definition) is 6. The van der Waals surface area contributed by atoms with Crippen LogP contribution in [0.2, 0.25) is 0 Å². The summed E-state index contributed by atoms with van der Waals surface area (Å²) in [5.74, 6) is 0.232. The van der Waals surface area contributed by atoms with Crippen molar-refractivity contribution in [2.75, 3.05) is 52.4 Å².